The fourth-order valence-electron chi connectivity index (χ4n) is 0.907. The van der Waals surface area contributed by atoms with Crippen molar-refractivity contribution in [1.29, 1.82) is 0 Å². The Hall–Kier alpha value is 0.270. The lowest BCUT2D eigenvalue weighted by molar-refractivity contribution is -0.289. The lowest BCUT2D eigenvalue weighted by Gasteiger charge is -2.27. The van der Waals surface area contributed by atoms with Gasteiger partial charge in [-0.05, 0) is 11.4 Å². The van der Waals surface area contributed by atoms with Crippen LogP contribution in [0.1, 0.15) is 13.3 Å². The average molecular weight is 351 g/mol. The summed E-state index contributed by atoms with van der Waals surface area (Å²) in [5.41, 5.74) is 4.75. The van der Waals surface area contributed by atoms with Crippen molar-refractivity contribution in [2.45, 2.75) is 31.7 Å². The van der Waals surface area contributed by atoms with E-state index in [0.29, 0.717) is 0 Å². The summed E-state index contributed by atoms with van der Waals surface area (Å²) >= 11 is 2.15. The van der Waals surface area contributed by atoms with E-state index in [2.05, 4.69) is 22.6 Å². The summed E-state index contributed by atoms with van der Waals surface area (Å²) in [5.74, 6) is -3.43. The molecule has 0 aliphatic heterocycles. The molecule has 0 spiro atoms. The van der Waals surface area contributed by atoms with Crippen LogP contribution in [0.3, 0.4) is 0 Å². The van der Waals surface area contributed by atoms with Gasteiger partial charge in [-0.15, -0.1) is 0 Å². The summed E-state index contributed by atoms with van der Waals surface area (Å²) in [5, 5.41) is 0. The SMILES string of the molecule is CC[C@@H](N)C(C(F)(F)F)C(F)(F)F.CI. The van der Waals surface area contributed by atoms with Crippen LogP contribution in [0.25, 0.3) is 0 Å². The van der Waals surface area contributed by atoms with Gasteiger partial charge in [-0.3, -0.25) is 0 Å². The summed E-state index contributed by atoms with van der Waals surface area (Å²) in [6, 6.07) is -1.93. The Labute approximate surface area is 97.5 Å². The first-order valence-corrected chi connectivity index (χ1v) is 6.03. The maximum atomic E-state index is 11.9. The molecular weight excluding hydrogens is 339 g/mol. The molecule has 0 bridgehead atoms. The summed E-state index contributed by atoms with van der Waals surface area (Å²) < 4.78 is 71.1. The lowest BCUT2D eigenvalue weighted by Crippen LogP contribution is -2.48. The van der Waals surface area contributed by atoms with Gasteiger partial charge < -0.3 is 5.73 Å². The Kier molecular flexibility index (Phi) is 7.97. The molecule has 0 saturated heterocycles. The molecular formula is C7H12F6IN. The molecule has 0 saturated carbocycles. The minimum Gasteiger partial charge on any atom is -0.327 e. The third-order valence-electron chi connectivity index (χ3n) is 1.60. The first kappa shape index (κ1) is 17.7. The van der Waals surface area contributed by atoms with Crippen LogP contribution in [-0.2, 0) is 0 Å². The standard InChI is InChI=1S/C6H9F6N.CH3I/c1-2-3(13)4(5(7,8)9)6(10,11)12;1-2/h3-4H,2,13H2,1H3;1H3/t3-;/m1./s1. The molecule has 8 heteroatoms. The molecule has 0 aliphatic rings. The van der Waals surface area contributed by atoms with Crippen LogP contribution in [0.2, 0.25) is 0 Å². The molecule has 0 fully saturated rings. The van der Waals surface area contributed by atoms with E-state index in [0.717, 1.165) is 0 Å². The predicted molar refractivity (Wildman–Crippen MR) is 53.8 cm³/mol. The van der Waals surface area contributed by atoms with Gasteiger partial charge in [-0.25, -0.2) is 0 Å². The van der Waals surface area contributed by atoms with Crippen molar-refractivity contribution in [3.63, 3.8) is 0 Å². The molecule has 15 heavy (non-hydrogen) atoms. The van der Waals surface area contributed by atoms with Gasteiger partial charge in [-0.2, -0.15) is 26.3 Å². The van der Waals surface area contributed by atoms with E-state index in [1.165, 1.54) is 6.92 Å². The minimum atomic E-state index is -5.33. The second-order valence-electron chi connectivity index (χ2n) is 2.63. The summed E-state index contributed by atoms with van der Waals surface area (Å²) in [6.45, 7) is 1.18. The number of hydrogen-bond donors (Lipinski definition) is 1. The van der Waals surface area contributed by atoms with Crippen molar-refractivity contribution in [1.82, 2.24) is 0 Å². The van der Waals surface area contributed by atoms with Gasteiger partial charge in [0.05, 0.1) is 0 Å². The average Bonchev–Trinajstić information content (AvgIpc) is 2.02. The highest BCUT2D eigenvalue weighted by Gasteiger charge is 2.58. The van der Waals surface area contributed by atoms with Crippen molar-refractivity contribution in [2.75, 3.05) is 4.93 Å². The molecule has 0 heterocycles. The maximum Gasteiger partial charge on any atom is 0.401 e. The normalized spacial score (nSPS) is 14.6. The number of halogens is 7. The minimum absolute atomic E-state index is 0.371. The topological polar surface area (TPSA) is 26.0 Å². The van der Waals surface area contributed by atoms with Crippen LogP contribution in [0.4, 0.5) is 26.3 Å². The van der Waals surface area contributed by atoms with E-state index in [4.69, 9.17) is 5.73 Å². The molecule has 1 nitrogen and oxygen atoms in total. The van der Waals surface area contributed by atoms with Crippen molar-refractivity contribution in [2.24, 2.45) is 11.7 Å². The van der Waals surface area contributed by atoms with E-state index in [1.807, 2.05) is 4.93 Å². The van der Waals surface area contributed by atoms with Gasteiger partial charge in [-0.1, -0.05) is 29.5 Å². The first-order valence-electron chi connectivity index (χ1n) is 3.87. The van der Waals surface area contributed by atoms with E-state index in [9.17, 15) is 26.3 Å². The summed E-state index contributed by atoms with van der Waals surface area (Å²) in [7, 11) is 0. The van der Waals surface area contributed by atoms with Gasteiger partial charge in [0, 0.05) is 6.04 Å². The molecule has 0 aromatic rings. The molecule has 0 radical (unpaired) electrons. The van der Waals surface area contributed by atoms with E-state index < -0.39 is 24.3 Å². The van der Waals surface area contributed by atoms with Crippen LogP contribution in [0.15, 0.2) is 0 Å². The number of rotatable bonds is 2. The molecule has 0 aromatic carbocycles. The third kappa shape index (κ3) is 6.44. The third-order valence-corrected chi connectivity index (χ3v) is 1.60. The highest BCUT2D eigenvalue weighted by Crippen LogP contribution is 2.41. The van der Waals surface area contributed by atoms with Crippen LogP contribution >= 0.6 is 22.6 Å². The quantitative estimate of drug-likeness (QED) is 0.460. The van der Waals surface area contributed by atoms with Gasteiger partial charge in [0.2, 0.25) is 0 Å². The summed E-state index contributed by atoms with van der Waals surface area (Å²) in [4.78, 5) is 1.97. The van der Waals surface area contributed by atoms with E-state index >= 15 is 0 Å². The molecule has 94 valence electrons. The van der Waals surface area contributed by atoms with E-state index in [-0.39, 0.29) is 6.42 Å². The van der Waals surface area contributed by atoms with Gasteiger partial charge in [0.15, 0.2) is 5.92 Å². The Morgan fingerprint density at radius 3 is 1.33 bits per heavy atom. The second-order valence-corrected chi connectivity index (χ2v) is 2.63. The smallest absolute Gasteiger partial charge is 0.327 e. The van der Waals surface area contributed by atoms with Crippen LogP contribution in [0.5, 0.6) is 0 Å². The van der Waals surface area contributed by atoms with Crippen molar-refractivity contribution in [3.8, 4) is 0 Å². The fraction of sp³-hybridized carbons (Fsp3) is 1.00. The first-order chi connectivity index (χ1) is 6.60. The molecule has 0 aliphatic carbocycles. The number of nitrogens with two attached hydrogens (primary N) is 1. The molecule has 0 rings (SSSR count). The highest BCUT2D eigenvalue weighted by molar-refractivity contribution is 14.1. The Morgan fingerprint density at radius 2 is 1.27 bits per heavy atom. The predicted octanol–water partition coefficient (Wildman–Crippen LogP) is 3.52. The van der Waals surface area contributed by atoms with Crippen molar-refractivity contribution in [3.05, 3.63) is 0 Å². The van der Waals surface area contributed by atoms with Gasteiger partial charge >= 0.3 is 12.4 Å². The summed E-state index contributed by atoms with van der Waals surface area (Å²) in [6.07, 6.45) is -11.0. The number of hydrogen-bond acceptors (Lipinski definition) is 1. The Balaban J connectivity index is 0. The Bertz CT molecular complexity index is 152. The van der Waals surface area contributed by atoms with Crippen LogP contribution < -0.4 is 5.73 Å². The molecule has 0 aromatic heterocycles. The molecule has 2 N–H and O–H groups in total. The monoisotopic (exact) mass is 351 g/mol. The van der Waals surface area contributed by atoms with E-state index in [1.54, 1.807) is 0 Å². The second kappa shape index (κ2) is 6.77. The lowest BCUT2D eigenvalue weighted by atomic mass is 9.97. The highest BCUT2D eigenvalue weighted by atomic mass is 127. The molecule has 0 amide bonds. The zero-order chi connectivity index (χ0) is 12.9. The number of alkyl halides is 7. The fourth-order valence-corrected chi connectivity index (χ4v) is 0.907. The van der Waals surface area contributed by atoms with Gasteiger partial charge in [0.1, 0.15) is 0 Å². The molecule has 1 atom stereocenters. The van der Waals surface area contributed by atoms with Crippen molar-refractivity contribution >= 4 is 22.6 Å². The Morgan fingerprint density at radius 1 is 1.00 bits per heavy atom. The zero-order valence-corrected chi connectivity index (χ0v) is 10.2. The van der Waals surface area contributed by atoms with Crippen LogP contribution in [0, 0.1) is 5.92 Å². The largest absolute Gasteiger partial charge is 0.401 e. The van der Waals surface area contributed by atoms with Crippen LogP contribution in [-0.4, -0.2) is 23.3 Å². The van der Waals surface area contributed by atoms with Gasteiger partial charge in [0.25, 0.3) is 0 Å². The molecule has 0 unspecified atom stereocenters. The zero-order valence-electron chi connectivity index (χ0n) is 8.08. The maximum absolute atomic E-state index is 11.9. The van der Waals surface area contributed by atoms with Crippen molar-refractivity contribution < 1.29 is 26.3 Å².